The van der Waals surface area contributed by atoms with E-state index in [9.17, 15) is 9.59 Å². The van der Waals surface area contributed by atoms with Gasteiger partial charge >= 0.3 is 0 Å². The number of nitrogens with one attached hydrogen (secondary N) is 1. The number of nitrogens with zero attached hydrogens (tertiary/aromatic N) is 1. The molecule has 0 aliphatic heterocycles. The molecular formula is C12H5N2O2. The number of carbonyl (C=O) groups is 2. The fraction of sp³-hybridized carbons (Fsp3) is 0.0833. The highest BCUT2D eigenvalue weighted by Gasteiger charge is 2.75. The molecule has 0 bridgehead atoms. The first kappa shape index (κ1) is 8.98. The Morgan fingerprint density at radius 1 is 1.12 bits per heavy atom. The molecule has 2 aliphatic rings. The van der Waals surface area contributed by atoms with Gasteiger partial charge in [0.25, 0.3) is 0 Å². The molecule has 1 saturated carbocycles. The average molecular weight is 209 g/mol. The van der Waals surface area contributed by atoms with Gasteiger partial charge in [-0.05, 0) is 0 Å². The summed E-state index contributed by atoms with van der Waals surface area (Å²) in [5.41, 5.74) is -1.04. The first-order chi connectivity index (χ1) is 7.65. The number of fused-ring (bicyclic) bond motifs is 1. The molecule has 0 heterocycles. The molecule has 0 amide bonds. The Morgan fingerprint density at radius 3 is 2.00 bits per heavy atom. The summed E-state index contributed by atoms with van der Waals surface area (Å²) in [5, 5.41) is 16.3. The van der Waals surface area contributed by atoms with Gasteiger partial charge in [-0.15, -0.1) is 0 Å². The molecule has 4 nitrogen and oxygen atoms in total. The van der Waals surface area contributed by atoms with Crippen LogP contribution in [0, 0.1) is 28.1 Å². The van der Waals surface area contributed by atoms with E-state index in [1.54, 1.807) is 30.3 Å². The summed E-state index contributed by atoms with van der Waals surface area (Å²) in [6.45, 7) is 0. The van der Waals surface area contributed by atoms with Crippen LogP contribution in [-0.4, -0.2) is 17.3 Å². The van der Waals surface area contributed by atoms with Crippen LogP contribution in [0.2, 0.25) is 0 Å². The Kier molecular flexibility index (Phi) is 1.37. The van der Waals surface area contributed by atoms with Crippen LogP contribution in [-0.2, 0) is 0 Å². The average Bonchev–Trinajstić information content (AvgIpc) is 2.86. The van der Waals surface area contributed by atoms with Crippen molar-refractivity contribution in [2.24, 2.45) is 5.41 Å². The summed E-state index contributed by atoms with van der Waals surface area (Å²) in [5.74, 6) is -0.844. The summed E-state index contributed by atoms with van der Waals surface area (Å²) in [6, 6.07) is 8.22. The van der Waals surface area contributed by atoms with Gasteiger partial charge in [0.1, 0.15) is 5.92 Å². The normalized spacial score (nSPS) is 21.1. The molecule has 16 heavy (non-hydrogen) atoms. The zero-order valence-corrected chi connectivity index (χ0v) is 8.07. The number of nitriles is 1. The Hall–Kier alpha value is -2.28. The van der Waals surface area contributed by atoms with E-state index in [-0.39, 0.29) is 11.6 Å². The van der Waals surface area contributed by atoms with Crippen molar-refractivity contribution in [3.63, 3.8) is 0 Å². The van der Waals surface area contributed by atoms with E-state index in [0.29, 0.717) is 11.1 Å². The van der Waals surface area contributed by atoms with Crippen molar-refractivity contribution in [3.05, 3.63) is 41.3 Å². The largest absolute Gasteiger partial charge is 0.306 e. The lowest BCUT2D eigenvalue weighted by molar-refractivity contribution is 0.0846. The van der Waals surface area contributed by atoms with Crippen molar-refractivity contribution >= 4 is 17.3 Å². The van der Waals surface area contributed by atoms with Crippen LogP contribution in [0.15, 0.2) is 24.3 Å². The van der Waals surface area contributed by atoms with E-state index in [4.69, 9.17) is 10.7 Å². The summed E-state index contributed by atoms with van der Waals surface area (Å²) >= 11 is 0. The molecule has 1 aromatic carbocycles. The molecule has 75 valence electrons. The number of hydrogen-bond donors (Lipinski definition) is 1. The maximum atomic E-state index is 12.0. The van der Waals surface area contributed by atoms with Crippen molar-refractivity contribution in [1.82, 2.24) is 0 Å². The molecule has 1 spiro atoms. The van der Waals surface area contributed by atoms with Gasteiger partial charge in [0.2, 0.25) is 0 Å². The zero-order chi connectivity index (χ0) is 11.5. The van der Waals surface area contributed by atoms with E-state index in [0.717, 1.165) is 0 Å². The zero-order valence-electron chi connectivity index (χ0n) is 8.07. The summed E-state index contributed by atoms with van der Waals surface area (Å²) in [4.78, 5) is 24.1. The molecular weight excluding hydrogens is 204 g/mol. The maximum Gasteiger partial charge on any atom is 0.185 e. The molecule has 1 aromatic rings. The molecule has 0 aromatic heterocycles. The van der Waals surface area contributed by atoms with Crippen LogP contribution in [0.5, 0.6) is 0 Å². The van der Waals surface area contributed by atoms with Crippen molar-refractivity contribution in [2.45, 2.75) is 0 Å². The third-order valence-electron chi connectivity index (χ3n) is 3.15. The summed E-state index contributed by atoms with van der Waals surface area (Å²) < 4.78 is 0. The second-order valence-electron chi connectivity index (χ2n) is 3.82. The predicted octanol–water partition coefficient (Wildman–Crippen LogP) is 1.18. The molecule has 0 atom stereocenters. The minimum absolute atomic E-state index is 0.00120. The lowest BCUT2D eigenvalue weighted by atomic mass is 9.97. The monoisotopic (exact) mass is 209 g/mol. The van der Waals surface area contributed by atoms with Crippen LogP contribution in [0.3, 0.4) is 0 Å². The Labute approximate surface area is 91.0 Å². The Morgan fingerprint density at radius 2 is 1.62 bits per heavy atom. The molecule has 0 saturated heterocycles. The van der Waals surface area contributed by atoms with Crippen LogP contribution >= 0.6 is 0 Å². The quantitative estimate of drug-likeness (QED) is 0.651. The second-order valence-corrected chi connectivity index (χ2v) is 3.82. The van der Waals surface area contributed by atoms with Gasteiger partial charge in [-0.1, -0.05) is 24.3 Å². The van der Waals surface area contributed by atoms with Gasteiger partial charge < -0.3 is 5.41 Å². The van der Waals surface area contributed by atoms with Crippen molar-refractivity contribution in [1.29, 1.82) is 10.7 Å². The topological polar surface area (TPSA) is 81.8 Å². The molecule has 1 N–H and O–H groups in total. The number of rotatable bonds is 0. The minimum Gasteiger partial charge on any atom is -0.306 e. The van der Waals surface area contributed by atoms with Crippen LogP contribution in [0.25, 0.3) is 0 Å². The fourth-order valence-electron chi connectivity index (χ4n) is 2.26. The standard InChI is InChI=1S/C12H5N2O2/c13-5-8-9(14)12(8)10(15)6-3-1-2-4-7(6)11(12)16/h1-4,14H. The van der Waals surface area contributed by atoms with Crippen LogP contribution in [0.1, 0.15) is 20.7 Å². The highest BCUT2D eigenvalue weighted by atomic mass is 16.2. The Bertz CT molecular complexity index is 575. The third kappa shape index (κ3) is 0.673. The van der Waals surface area contributed by atoms with Gasteiger partial charge in [-0.2, -0.15) is 5.26 Å². The van der Waals surface area contributed by atoms with Crippen LogP contribution < -0.4 is 0 Å². The van der Waals surface area contributed by atoms with Crippen molar-refractivity contribution < 1.29 is 9.59 Å². The van der Waals surface area contributed by atoms with E-state index in [1.165, 1.54) is 0 Å². The first-order valence-corrected chi connectivity index (χ1v) is 4.71. The maximum absolute atomic E-state index is 12.0. The van der Waals surface area contributed by atoms with Crippen LogP contribution in [0.4, 0.5) is 0 Å². The van der Waals surface area contributed by atoms with Crippen molar-refractivity contribution in [3.8, 4) is 6.07 Å². The number of ketones is 2. The number of hydrogen-bond acceptors (Lipinski definition) is 4. The van der Waals surface area contributed by atoms with Gasteiger partial charge in [0, 0.05) is 11.1 Å². The Balaban J connectivity index is 2.26. The third-order valence-corrected chi connectivity index (χ3v) is 3.15. The van der Waals surface area contributed by atoms with E-state index in [1.807, 2.05) is 0 Å². The lowest BCUT2D eigenvalue weighted by Gasteiger charge is -1.97. The van der Waals surface area contributed by atoms with Gasteiger partial charge in [-0.25, -0.2) is 0 Å². The molecule has 0 unspecified atom stereocenters. The SMILES string of the molecule is N#C[C]1C(=N)C12C(=O)c1ccccc1C2=O. The lowest BCUT2D eigenvalue weighted by Crippen LogP contribution is -2.20. The summed E-state index contributed by atoms with van der Waals surface area (Å²) in [7, 11) is 0. The summed E-state index contributed by atoms with van der Waals surface area (Å²) in [6.07, 6.45) is 0. The smallest absolute Gasteiger partial charge is 0.185 e. The van der Waals surface area contributed by atoms with Crippen molar-refractivity contribution in [2.75, 3.05) is 0 Å². The van der Waals surface area contributed by atoms with Gasteiger partial charge in [0.15, 0.2) is 17.0 Å². The highest BCUT2D eigenvalue weighted by molar-refractivity contribution is 6.55. The molecule has 1 fully saturated rings. The molecule has 2 aliphatic carbocycles. The number of benzene rings is 1. The van der Waals surface area contributed by atoms with E-state index in [2.05, 4.69) is 0 Å². The van der Waals surface area contributed by atoms with E-state index < -0.39 is 17.0 Å². The molecule has 3 rings (SSSR count). The number of Topliss-reactive ketones (excluding diaryl/α,β-unsaturated/α-hetero) is 2. The first-order valence-electron chi connectivity index (χ1n) is 4.71. The molecule has 1 radical (unpaired) electrons. The van der Waals surface area contributed by atoms with Gasteiger partial charge in [0.05, 0.1) is 11.8 Å². The highest BCUT2D eigenvalue weighted by Crippen LogP contribution is 2.58. The molecule has 4 heteroatoms. The minimum atomic E-state index is -1.54. The van der Waals surface area contributed by atoms with E-state index >= 15 is 0 Å². The second kappa shape index (κ2) is 2.45. The van der Waals surface area contributed by atoms with Gasteiger partial charge in [-0.3, -0.25) is 9.59 Å². The fourth-order valence-corrected chi connectivity index (χ4v) is 2.26. The predicted molar refractivity (Wildman–Crippen MR) is 54.1 cm³/mol. The number of carbonyl (C=O) groups excluding carboxylic acids is 2.